The lowest BCUT2D eigenvalue weighted by Gasteiger charge is -2.33. The fraction of sp³-hybridized carbons (Fsp3) is 0.385. The van der Waals surface area contributed by atoms with Crippen LogP contribution in [0.25, 0.3) is 0 Å². The minimum absolute atomic E-state index is 0.254. The molecule has 1 heterocycles. The van der Waals surface area contributed by atoms with E-state index in [1.807, 2.05) is 30.3 Å². The number of benzene rings is 1. The molecule has 0 saturated carbocycles. The lowest BCUT2D eigenvalue weighted by molar-refractivity contribution is -0.148. The Hall–Kier alpha value is -2.04. The van der Waals surface area contributed by atoms with Crippen molar-refractivity contribution in [1.29, 1.82) is 0 Å². The summed E-state index contributed by atoms with van der Waals surface area (Å²) in [5.74, 6) is -0.400. The molecule has 1 aromatic carbocycles. The molecular weight excluding hydrogens is 234 g/mol. The van der Waals surface area contributed by atoms with Gasteiger partial charge in [0.15, 0.2) is 0 Å². The van der Waals surface area contributed by atoms with Gasteiger partial charge in [0.1, 0.15) is 6.04 Å². The van der Waals surface area contributed by atoms with Crippen LogP contribution in [0.1, 0.15) is 12.0 Å². The van der Waals surface area contributed by atoms with Crippen molar-refractivity contribution in [3.8, 4) is 0 Å². The van der Waals surface area contributed by atoms with Crippen LogP contribution in [-0.2, 0) is 20.8 Å². The minimum Gasteiger partial charge on any atom is -0.467 e. The highest BCUT2D eigenvalue weighted by Crippen LogP contribution is 2.18. The maximum Gasteiger partial charge on any atom is 0.410 e. The summed E-state index contributed by atoms with van der Waals surface area (Å²) in [6.07, 6.45) is -0.00822. The van der Waals surface area contributed by atoms with Crippen molar-refractivity contribution in [2.45, 2.75) is 19.0 Å². The molecule has 1 aromatic rings. The molecule has 0 unspecified atom stereocenters. The summed E-state index contributed by atoms with van der Waals surface area (Å²) in [5, 5.41) is 0. The zero-order valence-electron chi connectivity index (χ0n) is 10.2. The third-order valence-electron chi connectivity index (χ3n) is 2.90. The largest absolute Gasteiger partial charge is 0.467 e. The van der Waals surface area contributed by atoms with Crippen LogP contribution in [0, 0.1) is 0 Å². The smallest absolute Gasteiger partial charge is 0.410 e. The van der Waals surface area contributed by atoms with Gasteiger partial charge < -0.3 is 9.47 Å². The van der Waals surface area contributed by atoms with Crippen molar-refractivity contribution < 1.29 is 19.1 Å². The average Bonchev–Trinajstić information content (AvgIpc) is 2.41. The molecule has 0 bridgehead atoms. The zero-order valence-corrected chi connectivity index (χ0v) is 10.2. The topological polar surface area (TPSA) is 55.8 Å². The van der Waals surface area contributed by atoms with Gasteiger partial charge in [0, 0.05) is 13.0 Å². The fourth-order valence-corrected chi connectivity index (χ4v) is 1.96. The predicted octanol–water partition coefficient (Wildman–Crippen LogP) is 1.57. The second-order valence-corrected chi connectivity index (χ2v) is 4.06. The van der Waals surface area contributed by atoms with Gasteiger partial charge in [-0.15, -0.1) is 0 Å². The third kappa shape index (κ3) is 2.61. The summed E-state index contributed by atoms with van der Waals surface area (Å²) < 4.78 is 9.68. The SMILES string of the molecule is COC(=O)[C@@H]1CCOC(=O)N1Cc1ccccc1. The van der Waals surface area contributed by atoms with E-state index >= 15 is 0 Å². The van der Waals surface area contributed by atoms with Gasteiger partial charge in [0.25, 0.3) is 0 Å². The summed E-state index contributed by atoms with van der Waals surface area (Å²) in [7, 11) is 1.32. The van der Waals surface area contributed by atoms with Crippen LogP contribution in [0.5, 0.6) is 0 Å². The number of hydrogen-bond donors (Lipinski definition) is 0. The molecule has 0 spiro atoms. The Morgan fingerprint density at radius 1 is 1.44 bits per heavy atom. The van der Waals surface area contributed by atoms with Gasteiger partial charge in [-0.05, 0) is 5.56 Å². The average molecular weight is 249 g/mol. The second-order valence-electron chi connectivity index (χ2n) is 4.06. The number of methoxy groups -OCH3 is 1. The first kappa shape index (κ1) is 12.4. The van der Waals surface area contributed by atoms with E-state index < -0.39 is 18.1 Å². The molecule has 0 N–H and O–H groups in total. The van der Waals surface area contributed by atoms with E-state index in [-0.39, 0.29) is 6.61 Å². The van der Waals surface area contributed by atoms with Gasteiger partial charge in [0.05, 0.1) is 13.7 Å². The van der Waals surface area contributed by atoms with Gasteiger partial charge in [-0.25, -0.2) is 9.59 Å². The molecule has 1 saturated heterocycles. The normalized spacial score (nSPS) is 19.3. The third-order valence-corrected chi connectivity index (χ3v) is 2.90. The molecule has 1 fully saturated rings. The highest BCUT2D eigenvalue weighted by molar-refractivity contribution is 5.82. The Balaban J connectivity index is 2.15. The molecule has 1 aliphatic rings. The number of carbonyl (C=O) groups excluding carboxylic acids is 2. The number of rotatable bonds is 3. The highest BCUT2D eigenvalue weighted by atomic mass is 16.6. The van der Waals surface area contributed by atoms with Gasteiger partial charge in [-0.3, -0.25) is 4.90 Å². The molecule has 0 aliphatic carbocycles. The Labute approximate surface area is 105 Å². The van der Waals surface area contributed by atoms with E-state index in [0.717, 1.165) is 5.56 Å². The summed E-state index contributed by atoms with van der Waals surface area (Å²) in [6, 6.07) is 8.91. The number of hydrogen-bond acceptors (Lipinski definition) is 4. The lowest BCUT2D eigenvalue weighted by atomic mass is 10.1. The first-order chi connectivity index (χ1) is 8.72. The van der Waals surface area contributed by atoms with Crippen molar-refractivity contribution in [2.24, 2.45) is 0 Å². The lowest BCUT2D eigenvalue weighted by Crippen LogP contribution is -2.49. The van der Waals surface area contributed by atoms with Crippen LogP contribution >= 0.6 is 0 Å². The Bertz CT molecular complexity index is 432. The Morgan fingerprint density at radius 2 is 2.17 bits per heavy atom. The summed E-state index contributed by atoms with van der Waals surface area (Å²) >= 11 is 0. The molecule has 1 amide bonds. The molecule has 1 aliphatic heterocycles. The van der Waals surface area contributed by atoms with E-state index in [2.05, 4.69) is 0 Å². The minimum atomic E-state index is -0.559. The molecule has 0 aromatic heterocycles. The second kappa shape index (κ2) is 5.53. The summed E-state index contributed by atoms with van der Waals surface area (Å²) in [4.78, 5) is 24.8. The van der Waals surface area contributed by atoms with Crippen LogP contribution in [0.2, 0.25) is 0 Å². The molecule has 2 rings (SSSR count). The number of nitrogens with zero attached hydrogens (tertiary/aromatic N) is 1. The van der Waals surface area contributed by atoms with Crippen LogP contribution in [0.15, 0.2) is 30.3 Å². The molecule has 5 heteroatoms. The van der Waals surface area contributed by atoms with Gasteiger partial charge in [-0.2, -0.15) is 0 Å². The number of amides is 1. The van der Waals surface area contributed by atoms with Crippen LogP contribution in [-0.4, -0.2) is 36.7 Å². The number of carbonyl (C=O) groups is 2. The Morgan fingerprint density at radius 3 is 2.83 bits per heavy atom. The number of cyclic esters (lactones) is 1. The molecule has 0 radical (unpaired) electrons. The number of esters is 1. The molecule has 96 valence electrons. The molecule has 1 atom stereocenters. The van der Waals surface area contributed by atoms with Gasteiger partial charge in [-0.1, -0.05) is 30.3 Å². The van der Waals surface area contributed by atoms with Crippen molar-refractivity contribution in [2.75, 3.05) is 13.7 Å². The van der Waals surface area contributed by atoms with E-state index in [1.54, 1.807) is 0 Å². The Kier molecular flexibility index (Phi) is 3.82. The summed E-state index contributed by atoms with van der Waals surface area (Å²) in [6.45, 7) is 0.601. The maximum absolute atomic E-state index is 11.7. The highest BCUT2D eigenvalue weighted by Gasteiger charge is 2.35. The van der Waals surface area contributed by atoms with Crippen molar-refractivity contribution in [3.05, 3.63) is 35.9 Å². The van der Waals surface area contributed by atoms with E-state index in [0.29, 0.717) is 13.0 Å². The zero-order chi connectivity index (χ0) is 13.0. The van der Waals surface area contributed by atoms with Gasteiger partial charge in [0.2, 0.25) is 0 Å². The molecular formula is C13H15NO4. The maximum atomic E-state index is 11.7. The van der Waals surface area contributed by atoms with Crippen molar-refractivity contribution >= 4 is 12.1 Å². The first-order valence-corrected chi connectivity index (χ1v) is 5.77. The van der Waals surface area contributed by atoms with Crippen molar-refractivity contribution in [3.63, 3.8) is 0 Å². The predicted molar refractivity (Wildman–Crippen MR) is 63.8 cm³/mol. The van der Waals surface area contributed by atoms with Crippen LogP contribution < -0.4 is 0 Å². The van der Waals surface area contributed by atoms with Gasteiger partial charge >= 0.3 is 12.1 Å². The standard InChI is InChI=1S/C13H15NO4/c1-17-12(15)11-7-8-18-13(16)14(11)9-10-5-3-2-4-6-10/h2-6,11H,7-9H2,1H3/t11-/m0/s1. The molecule has 5 nitrogen and oxygen atoms in total. The van der Waals surface area contributed by atoms with Crippen molar-refractivity contribution in [1.82, 2.24) is 4.90 Å². The monoisotopic (exact) mass is 249 g/mol. The number of ether oxygens (including phenoxy) is 2. The van der Waals surface area contributed by atoms with Crippen LogP contribution in [0.3, 0.4) is 0 Å². The fourth-order valence-electron chi connectivity index (χ4n) is 1.96. The van der Waals surface area contributed by atoms with E-state index in [1.165, 1.54) is 12.0 Å². The quantitative estimate of drug-likeness (QED) is 0.763. The van der Waals surface area contributed by atoms with E-state index in [9.17, 15) is 9.59 Å². The molecule has 18 heavy (non-hydrogen) atoms. The summed E-state index contributed by atoms with van der Waals surface area (Å²) in [5.41, 5.74) is 0.949. The first-order valence-electron chi connectivity index (χ1n) is 5.77. The van der Waals surface area contributed by atoms with Crippen LogP contribution in [0.4, 0.5) is 4.79 Å². The van der Waals surface area contributed by atoms with E-state index in [4.69, 9.17) is 9.47 Å².